The Morgan fingerprint density at radius 2 is 2.33 bits per heavy atom. The van der Waals surface area contributed by atoms with E-state index in [0.29, 0.717) is 11.6 Å². The van der Waals surface area contributed by atoms with Crippen molar-refractivity contribution in [2.45, 2.75) is 45.8 Å². The van der Waals surface area contributed by atoms with Crippen molar-refractivity contribution in [3.05, 3.63) is 40.2 Å². The maximum absolute atomic E-state index is 12.8. The number of ether oxygens (including phenoxy) is 1. The summed E-state index contributed by atoms with van der Waals surface area (Å²) in [6.07, 6.45) is 3.49. The predicted molar refractivity (Wildman–Crippen MR) is 96.8 cm³/mol. The fourth-order valence-corrected chi connectivity index (χ4v) is 4.00. The first-order valence-corrected chi connectivity index (χ1v) is 9.23. The van der Waals surface area contributed by atoms with Crippen molar-refractivity contribution in [2.24, 2.45) is 0 Å². The Morgan fingerprint density at radius 1 is 1.50 bits per heavy atom. The third-order valence-electron chi connectivity index (χ3n) is 4.10. The number of carbonyl (C=O) groups is 1. The molecule has 24 heavy (non-hydrogen) atoms. The fourth-order valence-electron chi connectivity index (χ4n) is 3.07. The summed E-state index contributed by atoms with van der Waals surface area (Å²) in [5.41, 5.74) is 1.90. The smallest absolute Gasteiger partial charge is 0.322 e. The molecular weight excluding hydrogens is 322 g/mol. The number of hydrogen-bond acceptors (Lipinski definition) is 4. The second-order valence-corrected chi connectivity index (χ2v) is 7.12. The standard InChI is InChI=1S/C18H23N3O2S/c1-4-15-13-8-11-24-16(13)7-10-21(15)18(22)20-14-6-5-9-19-17(14)23-12(2)3/h5-6,8-9,11-12,15H,4,7,10H2,1-3H3,(H,20,22). The molecule has 0 bridgehead atoms. The van der Waals surface area contributed by atoms with E-state index in [2.05, 4.69) is 28.7 Å². The van der Waals surface area contributed by atoms with Crippen LogP contribution in [-0.4, -0.2) is 28.6 Å². The molecule has 1 N–H and O–H groups in total. The van der Waals surface area contributed by atoms with Crippen LogP contribution < -0.4 is 10.1 Å². The van der Waals surface area contributed by atoms with Gasteiger partial charge >= 0.3 is 6.03 Å². The minimum atomic E-state index is -0.0969. The first-order chi connectivity index (χ1) is 11.6. The summed E-state index contributed by atoms with van der Waals surface area (Å²) in [5, 5.41) is 5.09. The van der Waals surface area contributed by atoms with E-state index in [-0.39, 0.29) is 18.2 Å². The van der Waals surface area contributed by atoms with Crippen LogP contribution in [0.1, 0.15) is 43.7 Å². The van der Waals surface area contributed by atoms with Gasteiger partial charge in [-0.1, -0.05) is 6.92 Å². The molecule has 5 nitrogen and oxygen atoms in total. The number of nitrogens with one attached hydrogen (secondary N) is 1. The van der Waals surface area contributed by atoms with Crippen LogP contribution in [0, 0.1) is 0 Å². The molecular formula is C18H23N3O2S. The normalized spacial score (nSPS) is 16.8. The molecule has 6 heteroatoms. The zero-order valence-corrected chi connectivity index (χ0v) is 15.1. The quantitative estimate of drug-likeness (QED) is 0.889. The maximum atomic E-state index is 12.8. The summed E-state index contributed by atoms with van der Waals surface area (Å²) < 4.78 is 5.69. The first-order valence-electron chi connectivity index (χ1n) is 8.35. The Bertz CT molecular complexity index is 714. The van der Waals surface area contributed by atoms with Gasteiger partial charge in [0.05, 0.1) is 12.1 Å². The number of carbonyl (C=O) groups excluding carboxylic acids is 1. The summed E-state index contributed by atoms with van der Waals surface area (Å²) in [6, 6.07) is 5.80. The second kappa shape index (κ2) is 7.21. The lowest BCUT2D eigenvalue weighted by Crippen LogP contribution is -2.42. The SMILES string of the molecule is CCC1c2ccsc2CCN1C(=O)Nc1cccnc1OC(C)C. The van der Waals surface area contributed by atoms with Crippen molar-refractivity contribution >= 4 is 23.1 Å². The molecule has 0 spiro atoms. The van der Waals surface area contributed by atoms with Gasteiger partial charge in [0, 0.05) is 17.6 Å². The van der Waals surface area contributed by atoms with E-state index in [1.807, 2.05) is 24.8 Å². The number of aromatic nitrogens is 1. The van der Waals surface area contributed by atoms with Crippen molar-refractivity contribution in [2.75, 3.05) is 11.9 Å². The van der Waals surface area contributed by atoms with E-state index in [0.717, 1.165) is 19.4 Å². The number of amides is 2. The highest BCUT2D eigenvalue weighted by Crippen LogP contribution is 2.35. The Morgan fingerprint density at radius 3 is 3.08 bits per heavy atom. The third kappa shape index (κ3) is 3.38. The molecule has 1 aliphatic heterocycles. The summed E-state index contributed by atoms with van der Waals surface area (Å²) >= 11 is 1.78. The van der Waals surface area contributed by atoms with E-state index in [4.69, 9.17) is 4.74 Å². The lowest BCUT2D eigenvalue weighted by atomic mass is 9.98. The van der Waals surface area contributed by atoms with E-state index >= 15 is 0 Å². The number of nitrogens with zero attached hydrogens (tertiary/aromatic N) is 2. The molecule has 0 saturated carbocycles. The molecule has 1 unspecified atom stereocenters. The molecule has 0 aliphatic carbocycles. The largest absolute Gasteiger partial charge is 0.473 e. The Hall–Kier alpha value is -2.08. The maximum Gasteiger partial charge on any atom is 0.322 e. The highest BCUT2D eigenvalue weighted by Gasteiger charge is 2.30. The summed E-state index contributed by atoms with van der Waals surface area (Å²) in [6.45, 7) is 6.74. The van der Waals surface area contributed by atoms with Crippen LogP contribution in [0.25, 0.3) is 0 Å². The Balaban J connectivity index is 1.78. The number of thiophene rings is 1. The van der Waals surface area contributed by atoms with Crippen LogP contribution in [0.5, 0.6) is 5.88 Å². The molecule has 0 radical (unpaired) electrons. The molecule has 0 saturated heterocycles. The minimum absolute atomic E-state index is 0.00212. The van der Waals surface area contributed by atoms with Crippen molar-refractivity contribution in [1.82, 2.24) is 9.88 Å². The molecule has 3 heterocycles. The van der Waals surface area contributed by atoms with Crippen LogP contribution in [0.4, 0.5) is 10.5 Å². The molecule has 2 aromatic rings. The molecule has 128 valence electrons. The fraction of sp³-hybridized carbons (Fsp3) is 0.444. The monoisotopic (exact) mass is 345 g/mol. The van der Waals surface area contributed by atoms with Gasteiger partial charge in [-0.05, 0) is 55.8 Å². The van der Waals surface area contributed by atoms with Gasteiger partial charge in [-0.3, -0.25) is 0 Å². The highest BCUT2D eigenvalue weighted by atomic mass is 32.1. The van der Waals surface area contributed by atoms with E-state index in [9.17, 15) is 4.79 Å². The van der Waals surface area contributed by atoms with Gasteiger partial charge in [0.2, 0.25) is 5.88 Å². The lowest BCUT2D eigenvalue weighted by molar-refractivity contribution is 0.180. The van der Waals surface area contributed by atoms with Crippen molar-refractivity contribution in [3.63, 3.8) is 0 Å². The van der Waals surface area contributed by atoms with Gasteiger partial charge in [-0.15, -0.1) is 11.3 Å². The van der Waals surface area contributed by atoms with Crippen LogP contribution in [0.2, 0.25) is 0 Å². The molecule has 3 rings (SSSR count). The van der Waals surface area contributed by atoms with Gasteiger partial charge in [-0.25, -0.2) is 9.78 Å². The zero-order valence-electron chi connectivity index (χ0n) is 14.3. The average Bonchev–Trinajstić information content (AvgIpc) is 3.03. The average molecular weight is 345 g/mol. The van der Waals surface area contributed by atoms with Crippen LogP contribution in [0.15, 0.2) is 29.8 Å². The van der Waals surface area contributed by atoms with Crippen molar-refractivity contribution in [1.29, 1.82) is 0 Å². The number of rotatable bonds is 4. The van der Waals surface area contributed by atoms with Gasteiger partial charge in [0.15, 0.2) is 0 Å². The molecule has 2 aromatic heterocycles. The Kier molecular flexibility index (Phi) is 5.04. The van der Waals surface area contributed by atoms with E-state index < -0.39 is 0 Å². The van der Waals surface area contributed by atoms with Crippen LogP contribution in [0.3, 0.4) is 0 Å². The Labute approximate surface area is 146 Å². The number of hydrogen-bond donors (Lipinski definition) is 1. The van der Waals surface area contributed by atoms with Gasteiger partial charge in [0.1, 0.15) is 5.69 Å². The number of pyridine rings is 1. The van der Waals surface area contributed by atoms with Crippen molar-refractivity contribution in [3.8, 4) is 5.88 Å². The number of fused-ring (bicyclic) bond motifs is 1. The topological polar surface area (TPSA) is 54.5 Å². The number of anilines is 1. The summed E-state index contributed by atoms with van der Waals surface area (Å²) in [7, 11) is 0. The van der Waals surface area contributed by atoms with Gasteiger partial charge in [-0.2, -0.15) is 0 Å². The third-order valence-corrected chi connectivity index (χ3v) is 5.10. The van der Waals surface area contributed by atoms with Gasteiger partial charge in [0.25, 0.3) is 0 Å². The first kappa shape index (κ1) is 16.8. The molecule has 0 fully saturated rings. The molecule has 1 atom stereocenters. The molecule has 1 aliphatic rings. The molecule has 0 aromatic carbocycles. The summed E-state index contributed by atoms with van der Waals surface area (Å²) in [5.74, 6) is 0.460. The molecule has 2 amide bonds. The van der Waals surface area contributed by atoms with Gasteiger partial charge < -0.3 is 15.0 Å². The predicted octanol–water partition coefficient (Wildman–Crippen LogP) is 4.47. The summed E-state index contributed by atoms with van der Waals surface area (Å²) in [4.78, 5) is 20.4. The zero-order chi connectivity index (χ0) is 17.1. The van der Waals surface area contributed by atoms with Crippen molar-refractivity contribution < 1.29 is 9.53 Å². The highest BCUT2D eigenvalue weighted by molar-refractivity contribution is 7.10. The second-order valence-electron chi connectivity index (χ2n) is 6.12. The minimum Gasteiger partial charge on any atom is -0.473 e. The lowest BCUT2D eigenvalue weighted by Gasteiger charge is -2.35. The van der Waals surface area contributed by atoms with E-state index in [1.165, 1.54) is 10.4 Å². The van der Waals surface area contributed by atoms with Crippen LogP contribution >= 0.6 is 11.3 Å². The number of urea groups is 1. The van der Waals surface area contributed by atoms with Crippen LogP contribution in [-0.2, 0) is 6.42 Å². The van der Waals surface area contributed by atoms with E-state index in [1.54, 1.807) is 23.6 Å².